The predicted octanol–water partition coefficient (Wildman–Crippen LogP) is 0.639. The number of hydrogen-bond donors (Lipinski definition) is 1. The van der Waals surface area contributed by atoms with Crippen LogP contribution in [0.25, 0.3) is 0 Å². The molecular weight excluding hydrogens is 190 g/mol. The Kier molecular flexibility index (Phi) is 1.84. The fourth-order valence-electron chi connectivity index (χ4n) is 1.08. The highest BCUT2D eigenvalue weighted by molar-refractivity contribution is 5.97. The van der Waals surface area contributed by atoms with Crippen molar-refractivity contribution in [3.05, 3.63) is 28.0 Å². The molecule has 1 N–H and O–H groups in total. The van der Waals surface area contributed by atoms with Gasteiger partial charge in [0.1, 0.15) is 4.92 Å². The summed E-state index contributed by atoms with van der Waals surface area (Å²) in [7, 11) is 0. The summed E-state index contributed by atoms with van der Waals surface area (Å²) in [6, 6.07) is 2.63. The minimum atomic E-state index is -0.638. The van der Waals surface area contributed by atoms with Gasteiger partial charge in [-0.3, -0.25) is 10.1 Å². The van der Waals surface area contributed by atoms with Crippen LogP contribution in [-0.2, 0) is 0 Å². The number of amidine groups is 1. The van der Waals surface area contributed by atoms with Crippen molar-refractivity contribution < 1.29 is 14.5 Å². The molecule has 0 unspecified atom stereocenters. The third-order valence-corrected chi connectivity index (χ3v) is 1.83. The summed E-state index contributed by atoms with van der Waals surface area (Å²) < 4.78 is 4.87. The second kappa shape index (κ2) is 3.02. The Bertz CT molecular complexity index is 393. The molecule has 1 aromatic rings. The van der Waals surface area contributed by atoms with Crippen LogP contribution in [0.2, 0.25) is 0 Å². The lowest BCUT2D eigenvalue weighted by molar-refractivity contribution is -0.402. The molecule has 2 rings (SSSR count). The molecule has 1 aromatic heterocycles. The van der Waals surface area contributed by atoms with E-state index in [0.717, 1.165) is 13.1 Å². The van der Waals surface area contributed by atoms with Crippen LogP contribution >= 0.6 is 0 Å². The Labute approximate surface area is 78.4 Å². The molecule has 1 aliphatic rings. The number of furan rings is 1. The molecule has 1 aliphatic heterocycles. The zero-order valence-electron chi connectivity index (χ0n) is 7.08. The summed E-state index contributed by atoms with van der Waals surface area (Å²) in [6.45, 7) is 1.54. The third kappa shape index (κ3) is 1.39. The van der Waals surface area contributed by atoms with E-state index in [9.17, 15) is 10.1 Å². The van der Waals surface area contributed by atoms with Crippen LogP contribution in [0.4, 0.5) is 5.88 Å². The van der Waals surface area contributed by atoms with Gasteiger partial charge in [0, 0.05) is 13.1 Å². The van der Waals surface area contributed by atoms with Crippen molar-refractivity contribution in [3.63, 3.8) is 0 Å². The highest BCUT2D eigenvalue weighted by atomic mass is 16.6. The molecular formula is C7H7N3O4. The Balaban J connectivity index is 2.27. The minimum Gasteiger partial charge on any atom is -0.409 e. The first-order valence-corrected chi connectivity index (χ1v) is 3.94. The summed E-state index contributed by atoms with van der Waals surface area (Å²) in [4.78, 5) is 11.4. The SMILES string of the molecule is O=[N+]([O-])c1ccc(C(=NO)N2CC2)o1. The molecule has 0 aliphatic carbocycles. The quantitative estimate of drug-likeness (QED) is 0.187. The van der Waals surface area contributed by atoms with Crippen molar-refractivity contribution >= 4 is 11.7 Å². The molecule has 0 atom stereocenters. The molecule has 0 bridgehead atoms. The van der Waals surface area contributed by atoms with Crippen LogP contribution in [0.5, 0.6) is 0 Å². The van der Waals surface area contributed by atoms with Gasteiger partial charge in [-0.1, -0.05) is 5.16 Å². The van der Waals surface area contributed by atoms with E-state index >= 15 is 0 Å². The van der Waals surface area contributed by atoms with Crippen molar-refractivity contribution in [2.45, 2.75) is 0 Å². The summed E-state index contributed by atoms with van der Waals surface area (Å²) in [6.07, 6.45) is 0. The molecule has 0 spiro atoms. The first kappa shape index (κ1) is 8.54. The van der Waals surface area contributed by atoms with Gasteiger partial charge in [0.25, 0.3) is 0 Å². The van der Waals surface area contributed by atoms with E-state index in [1.54, 1.807) is 4.90 Å². The maximum Gasteiger partial charge on any atom is 0.433 e. The standard InChI is InChI=1S/C7H7N3O4/c11-8-7(9-3-4-9)5-1-2-6(14-5)10(12)13/h1-2,11H,3-4H2. The molecule has 0 aromatic carbocycles. The van der Waals surface area contributed by atoms with Gasteiger partial charge in [0.2, 0.25) is 5.84 Å². The van der Waals surface area contributed by atoms with Gasteiger partial charge in [-0.05, 0) is 6.07 Å². The number of rotatable bonds is 2. The van der Waals surface area contributed by atoms with Gasteiger partial charge in [-0.25, -0.2) is 0 Å². The van der Waals surface area contributed by atoms with Gasteiger partial charge in [0.15, 0.2) is 5.76 Å². The maximum absolute atomic E-state index is 10.3. The van der Waals surface area contributed by atoms with Gasteiger partial charge >= 0.3 is 5.88 Å². The van der Waals surface area contributed by atoms with Crippen LogP contribution in [0, 0.1) is 10.1 Å². The highest BCUT2D eigenvalue weighted by Crippen LogP contribution is 2.20. The molecule has 14 heavy (non-hydrogen) atoms. The van der Waals surface area contributed by atoms with Crippen molar-refractivity contribution in [1.82, 2.24) is 4.90 Å². The predicted molar refractivity (Wildman–Crippen MR) is 45.3 cm³/mol. The zero-order valence-corrected chi connectivity index (χ0v) is 7.08. The molecule has 2 heterocycles. The molecule has 7 heteroatoms. The molecule has 0 amide bonds. The van der Waals surface area contributed by atoms with Crippen LogP contribution in [0.1, 0.15) is 5.76 Å². The molecule has 0 radical (unpaired) electrons. The Morgan fingerprint density at radius 1 is 1.64 bits per heavy atom. The smallest absolute Gasteiger partial charge is 0.409 e. The topological polar surface area (TPSA) is 91.9 Å². The van der Waals surface area contributed by atoms with E-state index < -0.39 is 4.92 Å². The minimum absolute atomic E-state index is 0.205. The molecule has 7 nitrogen and oxygen atoms in total. The summed E-state index contributed by atoms with van der Waals surface area (Å²) in [5.74, 6) is 0.0813. The van der Waals surface area contributed by atoms with Gasteiger partial charge in [-0.15, -0.1) is 0 Å². The zero-order chi connectivity index (χ0) is 10.1. The maximum atomic E-state index is 10.3. The highest BCUT2D eigenvalue weighted by Gasteiger charge is 2.27. The fraction of sp³-hybridized carbons (Fsp3) is 0.286. The number of hydrogen-bond acceptors (Lipinski definition) is 5. The molecule has 74 valence electrons. The Morgan fingerprint density at radius 2 is 2.36 bits per heavy atom. The average molecular weight is 197 g/mol. The summed E-state index contributed by atoms with van der Waals surface area (Å²) in [5, 5.41) is 22.0. The van der Waals surface area contributed by atoms with Gasteiger partial charge < -0.3 is 14.5 Å². The Hall–Kier alpha value is -2.05. The van der Waals surface area contributed by atoms with Crippen LogP contribution < -0.4 is 0 Å². The number of nitro groups is 1. The summed E-state index contributed by atoms with van der Waals surface area (Å²) >= 11 is 0. The number of oxime groups is 1. The van der Waals surface area contributed by atoms with E-state index in [-0.39, 0.29) is 17.5 Å². The van der Waals surface area contributed by atoms with E-state index in [0.29, 0.717) is 0 Å². The van der Waals surface area contributed by atoms with Gasteiger partial charge in [-0.2, -0.15) is 0 Å². The van der Waals surface area contributed by atoms with Gasteiger partial charge in [0.05, 0.1) is 6.07 Å². The lowest BCUT2D eigenvalue weighted by atomic mass is 10.4. The lowest BCUT2D eigenvalue weighted by Gasteiger charge is -1.99. The first-order chi connectivity index (χ1) is 6.72. The second-order valence-corrected chi connectivity index (χ2v) is 2.81. The monoisotopic (exact) mass is 197 g/mol. The van der Waals surface area contributed by atoms with Crippen molar-refractivity contribution in [1.29, 1.82) is 0 Å². The fourth-order valence-corrected chi connectivity index (χ4v) is 1.08. The van der Waals surface area contributed by atoms with Crippen LogP contribution in [-0.4, -0.2) is 34.0 Å². The van der Waals surface area contributed by atoms with E-state index in [1.165, 1.54) is 12.1 Å². The van der Waals surface area contributed by atoms with Crippen molar-refractivity contribution in [2.75, 3.05) is 13.1 Å². The first-order valence-electron chi connectivity index (χ1n) is 3.94. The lowest BCUT2D eigenvalue weighted by Crippen LogP contribution is -2.11. The molecule has 0 saturated carbocycles. The number of nitrogens with zero attached hydrogens (tertiary/aromatic N) is 3. The largest absolute Gasteiger partial charge is 0.433 e. The van der Waals surface area contributed by atoms with E-state index in [2.05, 4.69) is 5.16 Å². The average Bonchev–Trinajstić information content (AvgIpc) is 2.84. The second-order valence-electron chi connectivity index (χ2n) is 2.81. The van der Waals surface area contributed by atoms with Crippen LogP contribution in [0.15, 0.2) is 21.7 Å². The molecule has 1 saturated heterocycles. The Morgan fingerprint density at radius 3 is 2.79 bits per heavy atom. The van der Waals surface area contributed by atoms with Crippen molar-refractivity contribution in [3.8, 4) is 0 Å². The van der Waals surface area contributed by atoms with Crippen molar-refractivity contribution in [2.24, 2.45) is 5.16 Å². The normalized spacial score (nSPS) is 15.7. The third-order valence-electron chi connectivity index (χ3n) is 1.83. The van der Waals surface area contributed by atoms with Crippen LogP contribution in [0.3, 0.4) is 0 Å². The summed E-state index contributed by atoms with van der Waals surface area (Å²) in [5.41, 5.74) is 0. The van der Waals surface area contributed by atoms with E-state index in [4.69, 9.17) is 9.62 Å². The molecule has 1 fully saturated rings. The van der Waals surface area contributed by atoms with E-state index in [1.807, 2.05) is 0 Å².